The van der Waals surface area contributed by atoms with E-state index in [2.05, 4.69) is 32.3 Å². The third kappa shape index (κ3) is 3.31. The maximum absolute atomic E-state index is 12.4. The smallest absolute Gasteiger partial charge is 0.274 e. The van der Waals surface area contributed by atoms with Crippen molar-refractivity contribution >= 4 is 11.6 Å². The Balaban J connectivity index is 1.42. The van der Waals surface area contributed by atoms with Gasteiger partial charge in [-0.15, -0.1) is 0 Å². The Hall–Kier alpha value is -2.28. The van der Waals surface area contributed by atoms with Gasteiger partial charge in [0.15, 0.2) is 0 Å². The van der Waals surface area contributed by atoms with Gasteiger partial charge in [0.1, 0.15) is 11.5 Å². The number of rotatable bonds is 4. The first-order valence-corrected chi connectivity index (χ1v) is 8.56. The largest absolute Gasteiger partial charge is 0.318 e. The van der Waals surface area contributed by atoms with E-state index in [9.17, 15) is 4.79 Å². The Morgan fingerprint density at radius 1 is 1.25 bits per heavy atom. The van der Waals surface area contributed by atoms with Crippen LogP contribution in [0.2, 0.25) is 0 Å². The number of likely N-dealkylation sites (tertiary alicyclic amines) is 1. The van der Waals surface area contributed by atoms with E-state index in [0.717, 1.165) is 44.6 Å². The van der Waals surface area contributed by atoms with E-state index in [4.69, 9.17) is 0 Å². The minimum absolute atomic E-state index is 0.206. The average molecular weight is 326 g/mol. The summed E-state index contributed by atoms with van der Waals surface area (Å²) in [5.74, 6) is 1.01. The summed E-state index contributed by atoms with van der Waals surface area (Å²) in [4.78, 5) is 23.4. The molecular weight excluding hydrogens is 304 g/mol. The molecule has 0 aromatic carbocycles. The van der Waals surface area contributed by atoms with Gasteiger partial charge in [-0.3, -0.25) is 9.48 Å². The van der Waals surface area contributed by atoms with Crippen LogP contribution in [0.15, 0.2) is 24.7 Å². The lowest BCUT2D eigenvalue weighted by Gasteiger charge is -2.28. The molecule has 0 radical (unpaired) electrons. The fourth-order valence-corrected chi connectivity index (χ4v) is 3.10. The third-order valence-corrected chi connectivity index (χ3v) is 4.77. The van der Waals surface area contributed by atoms with E-state index in [1.807, 2.05) is 10.9 Å². The van der Waals surface area contributed by atoms with Gasteiger partial charge in [-0.1, -0.05) is 0 Å². The van der Waals surface area contributed by atoms with Crippen molar-refractivity contribution in [2.75, 3.05) is 25.5 Å². The van der Waals surface area contributed by atoms with Crippen molar-refractivity contribution in [2.24, 2.45) is 0 Å². The summed E-state index contributed by atoms with van der Waals surface area (Å²) >= 11 is 0. The van der Waals surface area contributed by atoms with Crippen molar-refractivity contribution in [3.8, 4) is 0 Å². The normalized spacial score (nSPS) is 19.4. The van der Waals surface area contributed by atoms with Crippen LogP contribution in [-0.4, -0.2) is 50.7 Å². The second-order valence-electron chi connectivity index (χ2n) is 6.77. The number of nitrogens with one attached hydrogen (secondary N) is 1. The van der Waals surface area contributed by atoms with Gasteiger partial charge < -0.3 is 10.2 Å². The molecule has 2 aliphatic rings. The van der Waals surface area contributed by atoms with Gasteiger partial charge in [0.05, 0.1) is 17.9 Å². The highest BCUT2D eigenvalue weighted by atomic mass is 16.1. The lowest BCUT2D eigenvalue weighted by Crippen LogP contribution is -2.31. The van der Waals surface area contributed by atoms with Crippen LogP contribution in [0.5, 0.6) is 0 Å². The molecule has 0 unspecified atom stereocenters. The second kappa shape index (κ2) is 6.32. The van der Waals surface area contributed by atoms with Crippen LogP contribution in [0.4, 0.5) is 5.69 Å². The molecule has 1 saturated carbocycles. The molecule has 4 rings (SSSR count). The number of carbonyl (C=O) groups excluding carboxylic acids is 1. The van der Waals surface area contributed by atoms with Crippen molar-refractivity contribution in [1.29, 1.82) is 0 Å². The molecule has 1 saturated heterocycles. The summed E-state index contributed by atoms with van der Waals surface area (Å²) < 4.78 is 1.97. The fraction of sp³-hybridized carbons (Fsp3) is 0.529. The zero-order chi connectivity index (χ0) is 16.5. The van der Waals surface area contributed by atoms with Gasteiger partial charge in [0.25, 0.3) is 5.91 Å². The molecule has 7 nitrogen and oxygen atoms in total. The van der Waals surface area contributed by atoms with E-state index in [0.29, 0.717) is 23.3 Å². The summed E-state index contributed by atoms with van der Waals surface area (Å²) in [6.45, 7) is 2.16. The highest BCUT2D eigenvalue weighted by Gasteiger charge is 2.27. The minimum Gasteiger partial charge on any atom is -0.318 e. The zero-order valence-corrected chi connectivity index (χ0v) is 13.9. The van der Waals surface area contributed by atoms with Crippen LogP contribution in [0.3, 0.4) is 0 Å². The van der Waals surface area contributed by atoms with E-state index in [1.54, 1.807) is 18.5 Å². The Labute approximate surface area is 141 Å². The summed E-state index contributed by atoms with van der Waals surface area (Å²) in [6, 6.07) is 2.06. The predicted molar refractivity (Wildman–Crippen MR) is 90.0 cm³/mol. The zero-order valence-electron chi connectivity index (χ0n) is 13.9. The number of anilines is 1. The van der Waals surface area contributed by atoms with Crippen molar-refractivity contribution in [3.63, 3.8) is 0 Å². The lowest BCUT2D eigenvalue weighted by atomic mass is 10.1. The number of aromatic nitrogens is 4. The average Bonchev–Trinajstić information content (AvgIpc) is 3.36. The SMILES string of the molecule is CN1CCC(n2cc(NC(=O)c3ccnc(C4CC4)n3)cn2)CC1. The maximum Gasteiger partial charge on any atom is 0.274 e. The molecule has 2 aromatic heterocycles. The van der Waals surface area contributed by atoms with Crippen molar-refractivity contribution in [2.45, 2.75) is 37.6 Å². The molecule has 2 aromatic rings. The Bertz CT molecular complexity index is 730. The van der Waals surface area contributed by atoms with Gasteiger partial charge in [0, 0.05) is 18.3 Å². The molecule has 0 spiro atoms. The molecule has 2 fully saturated rings. The molecule has 0 atom stereocenters. The van der Waals surface area contributed by atoms with Gasteiger partial charge in [0.2, 0.25) is 0 Å². The molecular formula is C17H22N6O. The number of carbonyl (C=O) groups is 1. The lowest BCUT2D eigenvalue weighted by molar-refractivity contribution is 0.102. The predicted octanol–water partition coefficient (Wildman–Crippen LogP) is 2.07. The molecule has 1 aliphatic heterocycles. The highest BCUT2D eigenvalue weighted by Crippen LogP contribution is 2.37. The van der Waals surface area contributed by atoms with Gasteiger partial charge >= 0.3 is 0 Å². The number of piperidine rings is 1. The minimum atomic E-state index is -0.206. The van der Waals surface area contributed by atoms with Crippen LogP contribution in [0.25, 0.3) is 0 Å². The second-order valence-corrected chi connectivity index (χ2v) is 6.77. The number of hydrogen-bond donors (Lipinski definition) is 1. The molecule has 1 amide bonds. The van der Waals surface area contributed by atoms with Gasteiger partial charge in [-0.25, -0.2) is 9.97 Å². The van der Waals surface area contributed by atoms with Crippen molar-refractivity contribution in [3.05, 3.63) is 36.2 Å². The molecule has 24 heavy (non-hydrogen) atoms. The maximum atomic E-state index is 12.4. The summed E-state index contributed by atoms with van der Waals surface area (Å²) in [7, 11) is 2.14. The quantitative estimate of drug-likeness (QED) is 0.931. The first kappa shape index (κ1) is 15.3. The molecule has 126 valence electrons. The van der Waals surface area contributed by atoms with E-state index >= 15 is 0 Å². The van der Waals surface area contributed by atoms with Gasteiger partial charge in [-0.2, -0.15) is 5.10 Å². The summed E-state index contributed by atoms with van der Waals surface area (Å²) in [5, 5.41) is 7.31. The van der Waals surface area contributed by atoms with Gasteiger partial charge in [-0.05, 0) is 51.9 Å². The van der Waals surface area contributed by atoms with Crippen LogP contribution in [0.1, 0.15) is 54.0 Å². The third-order valence-electron chi connectivity index (χ3n) is 4.77. The number of nitrogens with zero attached hydrogens (tertiary/aromatic N) is 5. The Morgan fingerprint density at radius 2 is 2.04 bits per heavy atom. The van der Waals surface area contributed by atoms with E-state index in [1.165, 1.54) is 0 Å². The highest BCUT2D eigenvalue weighted by molar-refractivity contribution is 6.02. The van der Waals surface area contributed by atoms with E-state index in [-0.39, 0.29) is 5.91 Å². The Morgan fingerprint density at radius 3 is 2.79 bits per heavy atom. The van der Waals surface area contributed by atoms with Crippen LogP contribution in [-0.2, 0) is 0 Å². The molecule has 7 heteroatoms. The number of hydrogen-bond acceptors (Lipinski definition) is 5. The van der Waals surface area contributed by atoms with Crippen LogP contribution < -0.4 is 5.32 Å². The fourth-order valence-electron chi connectivity index (χ4n) is 3.10. The first-order valence-electron chi connectivity index (χ1n) is 8.56. The van der Waals surface area contributed by atoms with Crippen LogP contribution >= 0.6 is 0 Å². The monoisotopic (exact) mass is 326 g/mol. The molecule has 3 heterocycles. The molecule has 1 N–H and O–H groups in total. The van der Waals surface area contributed by atoms with E-state index < -0.39 is 0 Å². The topological polar surface area (TPSA) is 75.9 Å². The molecule has 1 aliphatic carbocycles. The Kier molecular flexibility index (Phi) is 4.02. The summed E-state index contributed by atoms with van der Waals surface area (Å²) in [6.07, 6.45) is 9.70. The first-order chi connectivity index (χ1) is 11.7. The number of amides is 1. The van der Waals surface area contributed by atoms with Crippen molar-refractivity contribution in [1.82, 2.24) is 24.6 Å². The van der Waals surface area contributed by atoms with Crippen molar-refractivity contribution < 1.29 is 4.79 Å². The molecule has 0 bridgehead atoms. The standard InChI is InChI=1S/C17H22N6O/c1-22-8-5-14(6-9-22)23-11-13(10-19-23)20-17(24)15-4-7-18-16(21-15)12-2-3-12/h4,7,10-12,14H,2-3,5-6,8-9H2,1H3,(H,20,24). The summed E-state index contributed by atoms with van der Waals surface area (Å²) in [5.41, 5.74) is 1.13. The van der Waals surface area contributed by atoms with Crippen LogP contribution in [0, 0.1) is 0 Å².